The highest BCUT2D eigenvalue weighted by molar-refractivity contribution is 5.01. The fourth-order valence-corrected chi connectivity index (χ4v) is 1.91. The first kappa shape index (κ1) is 14.7. The molecule has 0 fully saturated rings. The quantitative estimate of drug-likeness (QED) is 0.540. The largest absolute Gasteiger partial charge is 0.380 e. The molecule has 0 radical (unpaired) electrons. The maximum atomic E-state index is 9.41. The molecule has 1 aromatic heterocycles. The smallest absolute Gasteiger partial charge is 0.114 e. The van der Waals surface area contributed by atoms with E-state index in [1.165, 1.54) is 25.7 Å². The van der Waals surface area contributed by atoms with E-state index in [0.29, 0.717) is 0 Å². The Morgan fingerprint density at radius 1 is 1.17 bits per heavy atom. The van der Waals surface area contributed by atoms with Crippen LogP contribution in [-0.4, -0.2) is 26.2 Å². The molecule has 1 atom stereocenters. The molecule has 0 aliphatic carbocycles. The number of rotatable bonds is 9. The van der Waals surface area contributed by atoms with Crippen LogP contribution in [0, 0.1) is 11.8 Å². The first-order valence-electron chi connectivity index (χ1n) is 6.77. The third kappa shape index (κ3) is 7.08. The van der Waals surface area contributed by atoms with E-state index in [1.807, 2.05) is 10.9 Å². The van der Waals surface area contributed by atoms with Crippen molar-refractivity contribution >= 4 is 0 Å². The lowest BCUT2D eigenvalue weighted by Gasteiger charge is -2.04. The molecule has 1 aromatic rings. The van der Waals surface area contributed by atoms with Gasteiger partial charge in [-0.05, 0) is 26.2 Å². The Morgan fingerprint density at radius 2 is 1.89 bits per heavy atom. The fourth-order valence-electron chi connectivity index (χ4n) is 1.91. The molecular weight excluding hydrogens is 226 g/mol. The maximum absolute atomic E-state index is 9.41. The second kappa shape index (κ2) is 9.67. The molecule has 0 aliphatic heterocycles. The van der Waals surface area contributed by atoms with Gasteiger partial charge in [0.1, 0.15) is 6.10 Å². The summed E-state index contributed by atoms with van der Waals surface area (Å²) in [4.78, 5) is 0. The fraction of sp³-hybridized carbons (Fsp3) is 0.714. The summed E-state index contributed by atoms with van der Waals surface area (Å²) in [5.74, 6) is 5.50. The average Bonchev–Trinajstić information content (AvgIpc) is 2.86. The van der Waals surface area contributed by atoms with Crippen LogP contribution in [0.5, 0.6) is 0 Å². The van der Waals surface area contributed by atoms with E-state index in [0.717, 1.165) is 25.8 Å². The van der Waals surface area contributed by atoms with E-state index in [4.69, 9.17) is 0 Å². The zero-order valence-corrected chi connectivity index (χ0v) is 11.2. The Hall–Kier alpha value is -1.34. The normalized spacial score (nSPS) is 11.9. The van der Waals surface area contributed by atoms with Crippen molar-refractivity contribution in [1.82, 2.24) is 15.0 Å². The van der Waals surface area contributed by atoms with Crippen LogP contribution in [0.15, 0.2) is 12.4 Å². The molecule has 0 amide bonds. The summed E-state index contributed by atoms with van der Waals surface area (Å²) < 4.78 is 1.87. The summed E-state index contributed by atoms with van der Waals surface area (Å²) in [7, 11) is 0. The van der Waals surface area contributed by atoms with Crippen molar-refractivity contribution in [1.29, 1.82) is 0 Å². The molecule has 1 N–H and O–H groups in total. The van der Waals surface area contributed by atoms with E-state index >= 15 is 0 Å². The molecule has 4 nitrogen and oxygen atoms in total. The van der Waals surface area contributed by atoms with Gasteiger partial charge in [-0.2, -0.15) is 0 Å². The molecule has 4 heteroatoms. The molecule has 1 heterocycles. The van der Waals surface area contributed by atoms with Crippen molar-refractivity contribution in [2.75, 3.05) is 0 Å². The van der Waals surface area contributed by atoms with Crippen LogP contribution in [0.4, 0.5) is 0 Å². The molecular formula is C14H23N3O. The van der Waals surface area contributed by atoms with Gasteiger partial charge in [0.15, 0.2) is 0 Å². The lowest BCUT2D eigenvalue weighted by atomic mass is 10.1. The van der Waals surface area contributed by atoms with Crippen LogP contribution in [0.3, 0.4) is 0 Å². The highest BCUT2D eigenvalue weighted by Gasteiger charge is 1.98. The second-order valence-electron chi connectivity index (χ2n) is 4.49. The Balaban J connectivity index is 1.85. The summed E-state index contributed by atoms with van der Waals surface area (Å²) in [6.45, 7) is 2.73. The van der Waals surface area contributed by atoms with Gasteiger partial charge in [-0.3, -0.25) is 4.68 Å². The van der Waals surface area contributed by atoms with Gasteiger partial charge in [-0.25, -0.2) is 0 Å². The minimum Gasteiger partial charge on any atom is -0.380 e. The highest BCUT2D eigenvalue weighted by atomic mass is 16.3. The summed E-state index contributed by atoms with van der Waals surface area (Å²) in [6.07, 6.45) is 11.1. The van der Waals surface area contributed by atoms with Crippen molar-refractivity contribution in [3.05, 3.63) is 12.4 Å². The van der Waals surface area contributed by atoms with E-state index in [-0.39, 0.29) is 0 Å². The SMILES string of the molecule is CC#CC(O)CCCCCCCCn1ccnn1. The molecule has 1 unspecified atom stereocenters. The van der Waals surface area contributed by atoms with Crippen LogP contribution < -0.4 is 0 Å². The molecule has 0 bridgehead atoms. The lowest BCUT2D eigenvalue weighted by molar-refractivity contribution is 0.217. The Labute approximate surface area is 109 Å². The monoisotopic (exact) mass is 249 g/mol. The average molecular weight is 249 g/mol. The van der Waals surface area contributed by atoms with E-state index in [9.17, 15) is 5.11 Å². The van der Waals surface area contributed by atoms with E-state index < -0.39 is 6.10 Å². The molecule has 0 spiro atoms. The molecule has 100 valence electrons. The Kier molecular flexibility index (Phi) is 7.90. The predicted octanol–water partition coefficient (Wildman–Crippen LogP) is 2.39. The van der Waals surface area contributed by atoms with Crippen LogP contribution >= 0.6 is 0 Å². The number of aliphatic hydroxyl groups excluding tert-OH is 1. The van der Waals surface area contributed by atoms with Crippen molar-refractivity contribution in [2.45, 2.75) is 64.5 Å². The maximum Gasteiger partial charge on any atom is 0.114 e. The van der Waals surface area contributed by atoms with Crippen molar-refractivity contribution in [2.24, 2.45) is 0 Å². The van der Waals surface area contributed by atoms with Gasteiger partial charge in [0.2, 0.25) is 0 Å². The zero-order valence-electron chi connectivity index (χ0n) is 11.2. The summed E-state index contributed by atoms with van der Waals surface area (Å²) >= 11 is 0. The number of unbranched alkanes of at least 4 members (excludes halogenated alkanes) is 5. The van der Waals surface area contributed by atoms with Crippen molar-refractivity contribution in [3.63, 3.8) is 0 Å². The van der Waals surface area contributed by atoms with Gasteiger partial charge in [-0.15, -0.1) is 11.0 Å². The molecule has 0 saturated heterocycles. The summed E-state index contributed by atoms with van der Waals surface area (Å²) in [6, 6.07) is 0. The number of hydrogen-bond donors (Lipinski definition) is 1. The van der Waals surface area contributed by atoms with E-state index in [2.05, 4.69) is 22.2 Å². The summed E-state index contributed by atoms with van der Waals surface area (Å²) in [5.41, 5.74) is 0. The Morgan fingerprint density at radius 3 is 2.56 bits per heavy atom. The van der Waals surface area contributed by atoms with Crippen molar-refractivity contribution in [3.8, 4) is 11.8 Å². The van der Waals surface area contributed by atoms with Crippen LogP contribution in [0.25, 0.3) is 0 Å². The zero-order chi connectivity index (χ0) is 13.1. The van der Waals surface area contributed by atoms with Gasteiger partial charge in [-0.1, -0.05) is 36.8 Å². The predicted molar refractivity (Wildman–Crippen MR) is 71.8 cm³/mol. The number of aryl methyl sites for hydroxylation is 1. The van der Waals surface area contributed by atoms with E-state index in [1.54, 1.807) is 13.1 Å². The summed E-state index contributed by atoms with van der Waals surface area (Å²) in [5, 5.41) is 17.1. The molecule has 1 rings (SSSR count). The van der Waals surface area contributed by atoms with Gasteiger partial charge in [0, 0.05) is 12.7 Å². The van der Waals surface area contributed by atoms with Gasteiger partial charge in [0.25, 0.3) is 0 Å². The Bertz CT molecular complexity index is 351. The minimum atomic E-state index is -0.428. The van der Waals surface area contributed by atoms with Crippen LogP contribution in [-0.2, 0) is 6.54 Å². The molecule has 18 heavy (non-hydrogen) atoms. The first-order chi connectivity index (χ1) is 8.83. The van der Waals surface area contributed by atoms with Crippen molar-refractivity contribution < 1.29 is 5.11 Å². The molecule has 0 aliphatic rings. The first-order valence-corrected chi connectivity index (χ1v) is 6.77. The topological polar surface area (TPSA) is 50.9 Å². The van der Waals surface area contributed by atoms with Gasteiger partial charge < -0.3 is 5.11 Å². The third-order valence-corrected chi connectivity index (χ3v) is 2.90. The van der Waals surface area contributed by atoms with Gasteiger partial charge >= 0.3 is 0 Å². The highest BCUT2D eigenvalue weighted by Crippen LogP contribution is 2.09. The second-order valence-corrected chi connectivity index (χ2v) is 4.49. The number of aromatic nitrogens is 3. The number of nitrogens with zero attached hydrogens (tertiary/aromatic N) is 3. The molecule has 0 saturated carbocycles. The number of aliphatic hydroxyl groups is 1. The van der Waals surface area contributed by atoms with Gasteiger partial charge in [0.05, 0.1) is 6.20 Å². The van der Waals surface area contributed by atoms with Crippen LogP contribution in [0.2, 0.25) is 0 Å². The molecule has 0 aromatic carbocycles. The lowest BCUT2D eigenvalue weighted by Crippen LogP contribution is -2.02. The number of hydrogen-bond acceptors (Lipinski definition) is 3. The van der Waals surface area contributed by atoms with Crippen LogP contribution in [0.1, 0.15) is 51.9 Å². The minimum absolute atomic E-state index is 0.428. The standard InChI is InChI=1S/C14H23N3O/c1-2-9-14(18)10-7-5-3-4-6-8-12-17-13-11-15-16-17/h11,13-14,18H,3-8,10,12H2,1H3. The third-order valence-electron chi connectivity index (χ3n) is 2.90.